The third kappa shape index (κ3) is 4.24. The van der Waals surface area contributed by atoms with Gasteiger partial charge in [-0.1, -0.05) is 6.07 Å². The van der Waals surface area contributed by atoms with E-state index >= 15 is 0 Å². The van der Waals surface area contributed by atoms with Crippen molar-refractivity contribution in [2.24, 2.45) is 0 Å². The Morgan fingerprint density at radius 2 is 1.94 bits per heavy atom. The number of amides is 1. The maximum atomic E-state index is 13.1. The van der Waals surface area contributed by atoms with Gasteiger partial charge < -0.3 is 9.32 Å². The summed E-state index contributed by atoms with van der Waals surface area (Å²) in [6.45, 7) is 3.97. The Morgan fingerprint density at radius 1 is 1.16 bits per heavy atom. The van der Waals surface area contributed by atoms with Crippen LogP contribution in [-0.4, -0.2) is 38.2 Å². The molecule has 2 aromatic heterocycles. The van der Waals surface area contributed by atoms with Crippen molar-refractivity contribution in [1.82, 2.24) is 14.5 Å². The van der Waals surface area contributed by atoms with Crippen LogP contribution >= 0.6 is 0 Å². The number of benzene rings is 2. The van der Waals surface area contributed by atoms with E-state index in [2.05, 4.69) is 9.82 Å². The predicted octanol–water partition coefficient (Wildman–Crippen LogP) is 3.48. The van der Waals surface area contributed by atoms with Gasteiger partial charge in [0.2, 0.25) is 0 Å². The number of carbonyl (C=O) groups excluding carboxylic acids is 1. The predicted molar refractivity (Wildman–Crippen MR) is 122 cm³/mol. The molecule has 0 spiro atoms. The van der Waals surface area contributed by atoms with Gasteiger partial charge in [-0.15, -0.1) is 0 Å². The highest BCUT2D eigenvalue weighted by Crippen LogP contribution is 2.26. The van der Waals surface area contributed by atoms with E-state index in [0.717, 1.165) is 16.8 Å². The first-order valence-electron chi connectivity index (χ1n) is 9.99. The van der Waals surface area contributed by atoms with Crippen LogP contribution in [-0.2, 0) is 16.6 Å². The summed E-state index contributed by atoms with van der Waals surface area (Å²) in [6.07, 6.45) is 3.46. The van der Waals surface area contributed by atoms with Crippen molar-refractivity contribution >= 4 is 32.6 Å². The number of nitrogens with one attached hydrogen (secondary N) is 1. The Balaban J connectivity index is 1.63. The molecule has 8 nitrogen and oxygen atoms in total. The maximum absolute atomic E-state index is 13.1. The summed E-state index contributed by atoms with van der Waals surface area (Å²) < 4.78 is 35.7. The smallest absolute Gasteiger partial charge is 0.300 e. The number of rotatable bonds is 6. The van der Waals surface area contributed by atoms with Gasteiger partial charge in [-0.25, -0.2) is 13.1 Å². The summed E-state index contributed by atoms with van der Waals surface area (Å²) in [4.78, 5) is 14.7. The first-order valence-corrected chi connectivity index (χ1v) is 11.5. The fraction of sp³-hybridized carbons (Fsp3) is 0.217. The van der Waals surface area contributed by atoms with Crippen LogP contribution in [0.3, 0.4) is 0 Å². The SMILES string of the molecule is Cc1cc(Cn2cccn2)cc(S(=O)(=O)NC(=O)c2cc3ccc(N(C)C)cc3o2)c1C. The number of nitrogens with zero attached hydrogens (tertiary/aromatic N) is 3. The molecule has 0 aliphatic heterocycles. The summed E-state index contributed by atoms with van der Waals surface area (Å²) in [5.74, 6) is -0.885. The summed E-state index contributed by atoms with van der Waals surface area (Å²) in [6, 6.07) is 12.3. The van der Waals surface area contributed by atoms with E-state index in [9.17, 15) is 13.2 Å². The summed E-state index contributed by atoms with van der Waals surface area (Å²) >= 11 is 0. The molecule has 0 atom stereocenters. The Bertz CT molecular complexity index is 1400. The highest BCUT2D eigenvalue weighted by Gasteiger charge is 2.24. The van der Waals surface area contributed by atoms with Gasteiger partial charge in [-0.05, 0) is 60.9 Å². The van der Waals surface area contributed by atoms with Crippen molar-refractivity contribution in [3.8, 4) is 0 Å². The van der Waals surface area contributed by atoms with Crippen LogP contribution in [0, 0.1) is 13.8 Å². The van der Waals surface area contributed by atoms with Crippen molar-refractivity contribution in [3.05, 3.63) is 77.3 Å². The number of hydrogen-bond acceptors (Lipinski definition) is 6. The van der Waals surface area contributed by atoms with Gasteiger partial charge in [0.15, 0.2) is 5.76 Å². The summed E-state index contributed by atoms with van der Waals surface area (Å²) in [5, 5.41) is 4.88. The zero-order valence-electron chi connectivity index (χ0n) is 18.3. The topological polar surface area (TPSA) is 97.4 Å². The van der Waals surface area contributed by atoms with Gasteiger partial charge in [0.1, 0.15) is 5.58 Å². The lowest BCUT2D eigenvalue weighted by molar-refractivity contribution is 0.0956. The Hall–Kier alpha value is -3.59. The molecule has 0 unspecified atom stereocenters. The molecule has 0 fully saturated rings. The van der Waals surface area contributed by atoms with Crippen molar-refractivity contribution in [3.63, 3.8) is 0 Å². The number of aromatic nitrogens is 2. The first-order chi connectivity index (χ1) is 15.1. The number of furan rings is 1. The number of sulfonamides is 1. The largest absolute Gasteiger partial charge is 0.451 e. The minimum absolute atomic E-state index is 0.0546. The van der Waals surface area contributed by atoms with E-state index in [1.807, 2.05) is 44.1 Å². The molecule has 0 aliphatic rings. The second-order valence-electron chi connectivity index (χ2n) is 7.90. The molecule has 2 heterocycles. The Kier molecular flexibility index (Phi) is 5.52. The Labute approximate surface area is 186 Å². The van der Waals surface area contributed by atoms with Crippen LogP contribution in [0.4, 0.5) is 5.69 Å². The van der Waals surface area contributed by atoms with E-state index in [1.165, 1.54) is 6.07 Å². The third-order valence-electron chi connectivity index (χ3n) is 5.34. The van der Waals surface area contributed by atoms with Crippen molar-refractivity contribution < 1.29 is 17.6 Å². The normalized spacial score (nSPS) is 11.6. The Morgan fingerprint density at radius 3 is 2.62 bits per heavy atom. The van der Waals surface area contributed by atoms with Crippen LogP contribution in [0.1, 0.15) is 27.2 Å². The molecule has 9 heteroatoms. The molecule has 0 bridgehead atoms. The zero-order chi connectivity index (χ0) is 23.0. The van der Waals surface area contributed by atoms with Gasteiger partial charge in [0, 0.05) is 43.6 Å². The first kappa shape index (κ1) is 21.6. The van der Waals surface area contributed by atoms with Gasteiger partial charge in [0.25, 0.3) is 10.0 Å². The standard InChI is InChI=1S/C23H24N4O4S/c1-15-10-17(14-27-9-5-8-24-27)11-22(16(15)2)32(29,30)25-23(28)21-12-18-6-7-19(26(3)4)13-20(18)31-21/h5-13H,14H2,1-4H3,(H,25,28). The maximum Gasteiger partial charge on any atom is 0.300 e. The molecule has 4 aromatic rings. The van der Waals surface area contributed by atoms with E-state index in [-0.39, 0.29) is 10.7 Å². The van der Waals surface area contributed by atoms with Gasteiger partial charge in [-0.3, -0.25) is 9.48 Å². The molecule has 0 radical (unpaired) electrons. The van der Waals surface area contributed by atoms with Crippen LogP contribution in [0.15, 0.2) is 64.2 Å². The molecular weight excluding hydrogens is 428 g/mol. The molecule has 0 saturated heterocycles. The van der Waals surface area contributed by atoms with Gasteiger partial charge >= 0.3 is 5.91 Å². The lowest BCUT2D eigenvalue weighted by atomic mass is 10.1. The number of aryl methyl sites for hydroxylation is 1. The quantitative estimate of drug-likeness (QED) is 0.481. The fourth-order valence-corrected chi connectivity index (χ4v) is 4.81. The van der Waals surface area contributed by atoms with Gasteiger partial charge in [0.05, 0.1) is 11.4 Å². The molecule has 32 heavy (non-hydrogen) atoms. The minimum atomic E-state index is -4.12. The van der Waals surface area contributed by atoms with E-state index in [4.69, 9.17) is 4.42 Å². The monoisotopic (exact) mass is 452 g/mol. The lowest BCUT2D eigenvalue weighted by Gasteiger charge is -2.13. The molecule has 1 amide bonds. The minimum Gasteiger partial charge on any atom is -0.451 e. The highest BCUT2D eigenvalue weighted by molar-refractivity contribution is 7.90. The third-order valence-corrected chi connectivity index (χ3v) is 6.80. The van der Waals surface area contributed by atoms with E-state index in [1.54, 1.807) is 42.2 Å². The summed E-state index contributed by atoms with van der Waals surface area (Å²) in [7, 11) is -0.323. The number of hydrogen-bond donors (Lipinski definition) is 1. The van der Waals surface area contributed by atoms with E-state index < -0.39 is 15.9 Å². The zero-order valence-corrected chi connectivity index (χ0v) is 19.1. The van der Waals surface area contributed by atoms with Crippen molar-refractivity contribution in [1.29, 1.82) is 0 Å². The highest BCUT2D eigenvalue weighted by atomic mass is 32.2. The molecule has 1 N–H and O–H groups in total. The number of fused-ring (bicyclic) bond motifs is 1. The molecule has 0 aliphatic carbocycles. The summed E-state index contributed by atoms with van der Waals surface area (Å²) in [5.41, 5.74) is 3.57. The van der Waals surface area contributed by atoms with Crippen LogP contribution in [0.5, 0.6) is 0 Å². The van der Waals surface area contributed by atoms with E-state index in [0.29, 0.717) is 23.1 Å². The van der Waals surface area contributed by atoms with Crippen molar-refractivity contribution in [2.75, 3.05) is 19.0 Å². The van der Waals surface area contributed by atoms with Crippen molar-refractivity contribution in [2.45, 2.75) is 25.3 Å². The lowest BCUT2D eigenvalue weighted by Crippen LogP contribution is -2.31. The average Bonchev–Trinajstić information content (AvgIpc) is 3.39. The molecule has 2 aromatic carbocycles. The molecule has 0 saturated carbocycles. The van der Waals surface area contributed by atoms with Crippen LogP contribution < -0.4 is 9.62 Å². The molecule has 4 rings (SSSR count). The molecular formula is C23H24N4O4S. The van der Waals surface area contributed by atoms with Gasteiger partial charge in [-0.2, -0.15) is 5.10 Å². The number of anilines is 1. The second-order valence-corrected chi connectivity index (χ2v) is 9.55. The van der Waals surface area contributed by atoms with Crippen LogP contribution in [0.25, 0.3) is 11.0 Å². The second kappa shape index (κ2) is 8.16. The molecule has 166 valence electrons. The van der Waals surface area contributed by atoms with Crippen LogP contribution in [0.2, 0.25) is 0 Å². The average molecular weight is 453 g/mol. The number of carbonyl (C=O) groups is 1. The fourth-order valence-electron chi connectivity index (χ4n) is 3.49.